The van der Waals surface area contributed by atoms with E-state index in [0.29, 0.717) is 0 Å². The standard InChI is InChI=1S/2C5H10O2/c1-5(6-2)3-7-4-5;1-5(2-6)3-7-4-5/h3-4H2,1-2H3;6H,2-4H2,1H3. The summed E-state index contributed by atoms with van der Waals surface area (Å²) in [7, 11) is 1.71. The maximum absolute atomic E-state index is 8.57. The van der Waals surface area contributed by atoms with Crippen molar-refractivity contribution in [2.75, 3.05) is 40.1 Å². The van der Waals surface area contributed by atoms with Crippen molar-refractivity contribution >= 4 is 0 Å². The molecule has 84 valence electrons. The molecule has 2 heterocycles. The van der Waals surface area contributed by atoms with E-state index in [-0.39, 0.29) is 17.6 Å². The van der Waals surface area contributed by atoms with Gasteiger partial charge in [0.1, 0.15) is 5.60 Å². The molecule has 0 radical (unpaired) electrons. The summed E-state index contributed by atoms with van der Waals surface area (Å²) in [6.45, 7) is 7.26. The topological polar surface area (TPSA) is 47.9 Å². The quantitative estimate of drug-likeness (QED) is 0.709. The summed E-state index contributed by atoms with van der Waals surface area (Å²) in [6.07, 6.45) is 0. The monoisotopic (exact) mass is 204 g/mol. The maximum atomic E-state index is 8.57. The van der Waals surface area contributed by atoms with Crippen LogP contribution in [0.4, 0.5) is 0 Å². The summed E-state index contributed by atoms with van der Waals surface area (Å²) in [5.41, 5.74) is 0.139. The maximum Gasteiger partial charge on any atom is 0.111 e. The van der Waals surface area contributed by atoms with Crippen LogP contribution in [0.5, 0.6) is 0 Å². The molecule has 1 N–H and O–H groups in total. The highest BCUT2D eigenvalue weighted by atomic mass is 16.6. The SMILES string of the molecule is CC1(CO)COC1.COC1(C)COC1. The molecular weight excluding hydrogens is 184 g/mol. The molecule has 2 aliphatic heterocycles. The first-order chi connectivity index (χ1) is 6.54. The van der Waals surface area contributed by atoms with E-state index in [0.717, 1.165) is 26.4 Å². The normalized spacial score (nSPS) is 26.6. The van der Waals surface area contributed by atoms with Crippen molar-refractivity contribution in [3.8, 4) is 0 Å². The molecule has 2 saturated heterocycles. The Labute approximate surface area is 85.2 Å². The minimum Gasteiger partial charge on any atom is -0.396 e. The average Bonchev–Trinajstić information content (AvgIpc) is 2.11. The van der Waals surface area contributed by atoms with Crippen molar-refractivity contribution < 1.29 is 19.3 Å². The van der Waals surface area contributed by atoms with Gasteiger partial charge in [-0.15, -0.1) is 0 Å². The molecular formula is C10H20O4. The molecule has 0 aliphatic carbocycles. The van der Waals surface area contributed by atoms with Gasteiger partial charge in [0.2, 0.25) is 0 Å². The summed E-state index contributed by atoms with van der Waals surface area (Å²) in [4.78, 5) is 0. The summed E-state index contributed by atoms with van der Waals surface area (Å²) in [6, 6.07) is 0. The van der Waals surface area contributed by atoms with Gasteiger partial charge in [-0.25, -0.2) is 0 Å². The molecule has 4 heteroatoms. The van der Waals surface area contributed by atoms with Crippen molar-refractivity contribution in [2.24, 2.45) is 5.41 Å². The molecule has 2 fully saturated rings. The van der Waals surface area contributed by atoms with Crippen LogP contribution in [0.3, 0.4) is 0 Å². The molecule has 0 spiro atoms. The highest BCUT2D eigenvalue weighted by molar-refractivity contribution is 4.80. The molecule has 0 unspecified atom stereocenters. The zero-order valence-corrected chi connectivity index (χ0v) is 9.21. The molecule has 0 atom stereocenters. The third kappa shape index (κ3) is 2.92. The fourth-order valence-electron chi connectivity index (χ4n) is 1.05. The van der Waals surface area contributed by atoms with Gasteiger partial charge in [-0.05, 0) is 6.92 Å². The lowest BCUT2D eigenvalue weighted by molar-refractivity contribution is -0.184. The van der Waals surface area contributed by atoms with E-state index in [1.54, 1.807) is 7.11 Å². The van der Waals surface area contributed by atoms with Gasteiger partial charge in [-0.3, -0.25) is 0 Å². The van der Waals surface area contributed by atoms with Crippen molar-refractivity contribution in [3.63, 3.8) is 0 Å². The van der Waals surface area contributed by atoms with Gasteiger partial charge in [0.15, 0.2) is 0 Å². The van der Waals surface area contributed by atoms with E-state index in [9.17, 15) is 0 Å². The zero-order valence-electron chi connectivity index (χ0n) is 9.21. The number of methoxy groups -OCH3 is 1. The second-order valence-electron chi connectivity index (χ2n) is 4.61. The van der Waals surface area contributed by atoms with Crippen molar-refractivity contribution in [3.05, 3.63) is 0 Å². The van der Waals surface area contributed by atoms with Crippen LogP contribution in [0.2, 0.25) is 0 Å². The predicted octanol–water partition coefficient (Wildman–Crippen LogP) is 0.437. The first-order valence-corrected chi connectivity index (χ1v) is 4.85. The van der Waals surface area contributed by atoms with E-state index in [1.807, 2.05) is 13.8 Å². The highest BCUT2D eigenvalue weighted by Gasteiger charge is 2.32. The van der Waals surface area contributed by atoms with Crippen molar-refractivity contribution in [1.29, 1.82) is 0 Å². The molecule has 14 heavy (non-hydrogen) atoms. The Morgan fingerprint density at radius 2 is 1.64 bits per heavy atom. The summed E-state index contributed by atoms with van der Waals surface area (Å²) < 4.78 is 14.8. The third-order valence-electron chi connectivity index (χ3n) is 2.59. The Morgan fingerprint density at radius 3 is 1.64 bits per heavy atom. The summed E-state index contributed by atoms with van der Waals surface area (Å²) in [5, 5.41) is 8.57. The first-order valence-electron chi connectivity index (χ1n) is 4.85. The predicted molar refractivity (Wildman–Crippen MR) is 52.2 cm³/mol. The van der Waals surface area contributed by atoms with Crippen LogP contribution in [0, 0.1) is 5.41 Å². The van der Waals surface area contributed by atoms with Gasteiger partial charge in [-0.1, -0.05) is 6.92 Å². The Bertz CT molecular complexity index is 142. The lowest BCUT2D eigenvalue weighted by Crippen LogP contribution is -2.48. The summed E-state index contributed by atoms with van der Waals surface area (Å²) >= 11 is 0. The lowest BCUT2D eigenvalue weighted by atomic mass is 9.90. The van der Waals surface area contributed by atoms with E-state index < -0.39 is 0 Å². The molecule has 0 aromatic rings. The van der Waals surface area contributed by atoms with Crippen molar-refractivity contribution in [2.45, 2.75) is 19.4 Å². The number of aliphatic hydroxyl groups is 1. The number of aliphatic hydroxyl groups excluding tert-OH is 1. The fourth-order valence-corrected chi connectivity index (χ4v) is 1.05. The highest BCUT2D eigenvalue weighted by Crippen LogP contribution is 2.24. The van der Waals surface area contributed by atoms with Crippen LogP contribution >= 0.6 is 0 Å². The Morgan fingerprint density at radius 1 is 1.14 bits per heavy atom. The second-order valence-corrected chi connectivity index (χ2v) is 4.61. The van der Waals surface area contributed by atoms with Crippen LogP contribution < -0.4 is 0 Å². The number of hydrogen-bond acceptors (Lipinski definition) is 4. The van der Waals surface area contributed by atoms with Crippen LogP contribution in [-0.4, -0.2) is 50.9 Å². The molecule has 4 nitrogen and oxygen atoms in total. The Balaban J connectivity index is 0.000000140. The molecule has 0 amide bonds. The average molecular weight is 204 g/mol. The lowest BCUT2D eigenvalue weighted by Gasteiger charge is -2.36. The van der Waals surface area contributed by atoms with Crippen LogP contribution in [0.1, 0.15) is 13.8 Å². The van der Waals surface area contributed by atoms with Crippen molar-refractivity contribution in [1.82, 2.24) is 0 Å². The smallest absolute Gasteiger partial charge is 0.111 e. The zero-order chi connectivity index (χ0) is 10.7. The second kappa shape index (κ2) is 4.57. The van der Waals surface area contributed by atoms with E-state index in [1.165, 1.54) is 0 Å². The third-order valence-corrected chi connectivity index (χ3v) is 2.59. The fraction of sp³-hybridized carbons (Fsp3) is 1.00. The molecule has 0 aromatic carbocycles. The number of hydrogen-bond donors (Lipinski definition) is 1. The van der Waals surface area contributed by atoms with Gasteiger partial charge in [0.25, 0.3) is 0 Å². The Hall–Kier alpha value is -0.160. The van der Waals surface area contributed by atoms with Gasteiger partial charge in [-0.2, -0.15) is 0 Å². The number of ether oxygens (including phenoxy) is 3. The van der Waals surface area contributed by atoms with Crippen LogP contribution in [-0.2, 0) is 14.2 Å². The van der Waals surface area contributed by atoms with E-state index in [4.69, 9.17) is 19.3 Å². The van der Waals surface area contributed by atoms with E-state index in [2.05, 4.69) is 0 Å². The molecule has 0 bridgehead atoms. The van der Waals surface area contributed by atoms with Gasteiger partial charge in [0, 0.05) is 12.5 Å². The molecule has 2 aliphatic rings. The van der Waals surface area contributed by atoms with E-state index >= 15 is 0 Å². The molecule has 0 saturated carbocycles. The minimum atomic E-state index is 0.0417. The van der Waals surface area contributed by atoms with Crippen LogP contribution in [0.15, 0.2) is 0 Å². The number of rotatable bonds is 2. The van der Waals surface area contributed by atoms with Gasteiger partial charge >= 0.3 is 0 Å². The Kier molecular flexibility index (Phi) is 3.89. The van der Waals surface area contributed by atoms with Crippen LogP contribution in [0.25, 0.3) is 0 Å². The van der Waals surface area contributed by atoms with Gasteiger partial charge < -0.3 is 19.3 Å². The molecule has 2 rings (SSSR count). The largest absolute Gasteiger partial charge is 0.396 e. The molecule has 0 aromatic heterocycles. The van der Waals surface area contributed by atoms with Gasteiger partial charge in [0.05, 0.1) is 33.0 Å². The summed E-state index contributed by atoms with van der Waals surface area (Å²) in [5.74, 6) is 0. The first kappa shape index (κ1) is 11.9. The minimum absolute atomic E-state index is 0.0417.